The lowest BCUT2D eigenvalue weighted by Gasteiger charge is -2.27. The Morgan fingerprint density at radius 2 is 1.23 bits per heavy atom. The minimum absolute atomic E-state index is 0.0320. The standard InChI is InChI=1S/C28H34O2/c1-27(2,3)22-14-20(15-23(18-22)29-7)21-16-24(28(4,5)6)26(25(17-21)30-8)19-12-10-9-11-13-19/h9-18H,1-8H3. The highest BCUT2D eigenvalue weighted by atomic mass is 16.5. The van der Waals surface area contributed by atoms with Gasteiger partial charge >= 0.3 is 0 Å². The van der Waals surface area contributed by atoms with Gasteiger partial charge in [-0.2, -0.15) is 0 Å². The van der Waals surface area contributed by atoms with Crippen LogP contribution in [0.3, 0.4) is 0 Å². The first kappa shape index (κ1) is 22.0. The van der Waals surface area contributed by atoms with Crippen LogP contribution < -0.4 is 9.47 Å². The monoisotopic (exact) mass is 402 g/mol. The summed E-state index contributed by atoms with van der Waals surface area (Å²) in [5.74, 6) is 1.77. The van der Waals surface area contributed by atoms with Crippen molar-refractivity contribution < 1.29 is 9.47 Å². The minimum Gasteiger partial charge on any atom is -0.497 e. The molecule has 0 unspecified atom stereocenters. The molecule has 3 rings (SSSR count). The Balaban J connectivity index is 2.31. The Kier molecular flexibility index (Phi) is 5.99. The first-order valence-corrected chi connectivity index (χ1v) is 10.5. The fourth-order valence-corrected chi connectivity index (χ4v) is 3.75. The Morgan fingerprint density at radius 1 is 0.600 bits per heavy atom. The zero-order chi connectivity index (χ0) is 22.1. The molecule has 0 aromatic heterocycles. The number of hydrogen-bond donors (Lipinski definition) is 0. The van der Waals surface area contributed by atoms with Crippen LogP contribution in [-0.4, -0.2) is 14.2 Å². The van der Waals surface area contributed by atoms with Crippen molar-refractivity contribution in [3.8, 4) is 33.8 Å². The van der Waals surface area contributed by atoms with E-state index in [1.807, 2.05) is 6.07 Å². The molecule has 30 heavy (non-hydrogen) atoms. The molecule has 2 heteroatoms. The summed E-state index contributed by atoms with van der Waals surface area (Å²) in [6.45, 7) is 13.4. The van der Waals surface area contributed by atoms with Gasteiger partial charge in [0, 0.05) is 5.56 Å². The van der Waals surface area contributed by atoms with Gasteiger partial charge in [0.15, 0.2) is 0 Å². The highest BCUT2D eigenvalue weighted by Crippen LogP contribution is 2.43. The molecule has 0 aliphatic rings. The summed E-state index contributed by atoms with van der Waals surface area (Å²) in [5, 5.41) is 0. The van der Waals surface area contributed by atoms with Gasteiger partial charge in [-0.1, -0.05) is 77.9 Å². The first-order chi connectivity index (χ1) is 14.0. The molecular formula is C28H34O2. The molecule has 0 radical (unpaired) electrons. The van der Waals surface area contributed by atoms with Gasteiger partial charge in [0.1, 0.15) is 11.5 Å². The molecule has 0 atom stereocenters. The molecule has 2 nitrogen and oxygen atoms in total. The average molecular weight is 403 g/mol. The van der Waals surface area contributed by atoms with E-state index in [1.165, 1.54) is 16.7 Å². The summed E-state index contributed by atoms with van der Waals surface area (Å²) in [4.78, 5) is 0. The smallest absolute Gasteiger partial charge is 0.127 e. The van der Waals surface area contributed by atoms with Crippen molar-refractivity contribution in [2.75, 3.05) is 14.2 Å². The van der Waals surface area contributed by atoms with Crippen LogP contribution in [0.1, 0.15) is 52.7 Å². The van der Waals surface area contributed by atoms with Crippen molar-refractivity contribution in [1.29, 1.82) is 0 Å². The summed E-state index contributed by atoms with van der Waals surface area (Å²) in [5.41, 5.74) is 7.12. The largest absolute Gasteiger partial charge is 0.497 e. The molecule has 0 saturated carbocycles. The van der Waals surface area contributed by atoms with Gasteiger partial charge in [-0.15, -0.1) is 0 Å². The molecule has 0 heterocycles. The summed E-state index contributed by atoms with van der Waals surface area (Å²) >= 11 is 0. The zero-order valence-electron chi connectivity index (χ0n) is 19.6. The molecule has 3 aromatic rings. The van der Waals surface area contributed by atoms with Crippen molar-refractivity contribution in [3.05, 3.63) is 71.8 Å². The fourth-order valence-electron chi connectivity index (χ4n) is 3.75. The minimum atomic E-state index is -0.0415. The van der Waals surface area contributed by atoms with Crippen molar-refractivity contribution in [2.45, 2.75) is 52.4 Å². The molecule has 0 aliphatic heterocycles. The van der Waals surface area contributed by atoms with Crippen LogP contribution in [0, 0.1) is 0 Å². The molecule has 3 aromatic carbocycles. The normalized spacial score (nSPS) is 12.0. The molecular weight excluding hydrogens is 368 g/mol. The Labute approximate surface area is 181 Å². The molecule has 0 bridgehead atoms. The van der Waals surface area contributed by atoms with Crippen LogP contribution in [-0.2, 0) is 10.8 Å². The van der Waals surface area contributed by atoms with E-state index in [4.69, 9.17) is 9.47 Å². The average Bonchev–Trinajstić information content (AvgIpc) is 2.71. The van der Waals surface area contributed by atoms with Gasteiger partial charge in [0.05, 0.1) is 14.2 Å². The van der Waals surface area contributed by atoms with Crippen molar-refractivity contribution in [3.63, 3.8) is 0 Å². The van der Waals surface area contributed by atoms with Crippen LogP contribution in [0.25, 0.3) is 22.3 Å². The van der Waals surface area contributed by atoms with Gasteiger partial charge < -0.3 is 9.47 Å². The fraction of sp³-hybridized carbons (Fsp3) is 0.357. The van der Waals surface area contributed by atoms with E-state index in [0.717, 1.165) is 28.2 Å². The summed E-state index contributed by atoms with van der Waals surface area (Å²) in [6, 6.07) is 21.5. The second kappa shape index (κ2) is 8.18. The first-order valence-electron chi connectivity index (χ1n) is 10.5. The lowest BCUT2D eigenvalue weighted by molar-refractivity contribution is 0.412. The SMILES string of the molecule is COc1cc(-c2cc(OC)c(-c3ccccc3)c(C(C)(C)C)c2)cc(C(C)(C)C)c1. The van der Waals surface area contributed by atoms with E-state index < -0.39 is 0 Å². The molecule has 0 fully saturated rings. The molecule has 0 amide bonds. The van der Waals surface area contributed by atoms with E-state index >= 15 is 0 Å². The predicted octanol–water partition coefficient (Wildman–Crippen LogP) is 7.63. The van der Waals surface area contributed by atoms with Crippen molar-refractivity contribution in [2.24, 2.45) is 0 Å². The molecule has 0 saturated heterocycles. The zero-order valence-corrected chi connectivity index (χ0v) is 19.6. The van der Waals surface area contributed by atoms with E-state index in [0.29, 0.717) is 0 Å². The molecule has 0 N–H and O–H groups in total. The van der Waals surface area contributed by atoms with Crippen LogP contribution >= 0.6 is 0 Å². The van der Waals surface area contributed by atoms with Crippen molar-refractivity contribution in [1.82, 2.24) is 0 Å². The highest BCUT2D eigenvalue weighted by molar-refractivity contribution is 5.81. The van der Waals surface area contributed by atoms with E-state index in [2.05, 4.69) is 96.1 Å². The maximum atomic E-state index is 5.92. The Hall–Kier alpha value is -2.74. The summed E-state index contributed by atoms with van der Waals surface area (Å²) < 4.78 is 11.5. The predicted molar refractivity (Wildman–Crippen MR) is 128 cm³/mol. The van der Waals surface area contributed by atoms with Gasteiger partial charge in [-0.05, 0) is 62.9 Å². The summed E-state index contributed by atoms with van der Waals surface area (Å²) in [7, 11) is 3.48. The number of rotatable bonds is 4. The number of ether oxygens (including phenoxy) is 2. The Bertz CT molecular complexity index is 1020. The lowest BCUT2D eigenvalue weighted by Crippen LogP contribution is -2.14. The van der Waals surface area contributed by atoms with Crippen LogP contribution in [0.4, 0.5) is 0 Å². The molecule has 0 aliphatic carbocycles. The maximum absolute atomic E-state index is 5.92. The second-order valence-electron chi connectivity index (χ2n) is 9.92. The van der Waals surface area contributed by atoms with Crippen LogP contribution in [0.2, 0.25) is 0 Å². The topological polar surface area (TPSA) is 18.5 Å². The van der Waals surface area contributed by atoms with Crippen LogP contribution in [0.15, 0.2) is 60.7 Å². The van der Waals surface area contributed by atoms with E-state index in [-0.39, 0.29) is 10.8 Å². The highest BCUT2D eigenvalue weighted by Gasteiger charge is 2.24. The number of hydrogen-bond acceptors (Lipinski definition) is 2. The van der Waals surface area contributed by atoms with Gasteiger partial charge in [-0.3, -0.25) is 0 Å². The summed E-state index contributed by atoms with van der Waals surface area (Å²) in [6.07, 6.45) is 0. The number of benzene rings is 3. The van der Waals surface area contributed by atoms with Gasteiger partial charge in [0.2, 0.25) is 0 Å². The van der Waals surface area contributed by atoms with Gasteiger partial charge in [-0.25, -0.2) is 0 Å². The van der Waals surface area contributed by atoms with Gasteiger partial charge in [0.25, 0.3) is 0 Å². The third-order valence-electron chi connectivity index (χ3n) is 5.53. The van der Waals surface area contributed by atoms with Crippen molar-refractivity contribution >= 4 is 0 Å². The quantitative estimate of drug-likeness (QED) is 0.446. The third-order valence-corrected chi connectivity index (χ3v) is 5.53. The number of methoxy groups -OCH3 is 2. The van der Waals surface area contributed by atoms with Crippen LogP contribution in [0.5, 0.6) is 11.5 Å². The molecule has 158 valence electrons. The second-order valence-corrected chi connectivity index (χ2v) is 9.92. The Morgan fingerprint density at radius 3 is 1.77 bits per heavy atom. The van der Waals surface area contributed by atoms with E-state index in [9.17, 15) is 0 Å². The third kappa shape index (κ3) is 4.53. The lowest BCUT2D eigenvalue weighted by atomic mass is 9.79. The maximum Gasteiger partial charge on any atom is 0.127 e. The van der Waals surface area contributed by atoms with E-state index in [1.54, 1.807) is 14.2 Å². The molecule has 0 spiro atoms.